The summed E-state index contributed by atoms with van der Waals surface area (Å²) in [4.78, 5) is 19.1. The maximum Gasteiger partial charge on any atom is 0.225 e. The molecule has 32 heavy (non-hydrogen) atoms. The van der Waals surface area contributed by atoms with Crippen LogP contribution in [0.1, 0.15) is 64.9 Å². The van der Waals surface area contributed by atoms with E-state index in [4.69, 9.17) is 0 Å². The lowest BCUT2D eigenvalue weighted by Gasteiger charge is -2.46. The Morgan fingerprint density at radius 3 is 2.19 bits per heavy atom. The Balaban J connectivity index is 0.00000289. The van der Waals surface area contributed by atoms with Crippen LogP contribution in [-0.2, 0) is 4.79 Å². The van der Waals surface area contributed by atoms with E-state index in [1.165, 1.54) is 24.9 Å². The van der Waals surface area contributed by atoms with E-state index in [1.54, 1.807) is 10.5 Å². The Morgan fingerprint density at radius 1 is 1.00 bits per heavy atom. The molecule has 2 atom stereocenters. The zero-order valence-corrected chi connectivity index (χ0v) is 21.9. The second-order valence-electron chi connectivity index (χ2n) is 12.3. The number of benzene rings is 1. The molecule has 1 aromatic rings. The summed E-state index contributed by atoms with van der Waals surface area (Å²) >= 11 is 0. The van der Waals surface area contributed by atoms with Crippen LogP contribution in [0.15, 0.2) is 24.3 Å². The molecule has 3 aliphatic rings. The summed E-state index contributed by atoms with van der Waals surface area (Å²) in [6.45, 7) is 15.3. The SMILES string of the molecule is CN(C)C(=O)[C@@H]1C[C@H]1CN1CCN(c2ccccc2C2CC(C)(C)CC(C)(C)C2)CC1.Cl. The Kier molecular flexibility index (Phi) is 7.56. The molecular weight excluding hydrogens is 418 g/mol. The minimum absolute atomic E-state index is 0. The van der Waals surface area contributed by atoms with Gasteiger partial charge in [-0.3, -0.25) is 9.69 Å². The fourth-order valence-corrected chi connectivity index (χ4v) is 6.77. The molecule has 0 N–H and O–H groups in total. The third kappa shape index (κ3) is 5.80. The van der Waals surface area contributed by atoms with Gasteiger partial charge in [-0.2, -0.15) is 0 Å². The summed E-state index contributed by atoms with van der Waals surface area (Å²) in [6, 6.07) is 9.20. The maximum atomic E-state index is 12.2. The average Bonchev–Trinajstić information content (AvgIpc) is 3.44. The molecule has 0 aromatic heterocycles. The minimum Gasteiger partial charge on any atom is -0.369 e. The molecule has 0 spiro atoms. The summed E-state index contributed by atoms with van der Waals surface area (Å²) < 4.78 is 0. The van der Waals surface area contributed by atoms with Gasteiger partial charge in [-0.25, -0.2) is 0 Å². The number of hydrogen-bond donors (Lipinski definition) is 0. The normalized spacial score (nSPS) is 27.5. The smallest absolute Gasteiger partial charge is 0.225 e. The highest BCUT2D eigenvalue weighted by Crippen LogP contribution is 2.53. The highest BCUT2D eigenvalue weighted by molar-refractivity contribution is 5.85. The zero-order chi connectivity index (χ0) is 22.4. The van der Waals surface area contributed by atoms with Crippen molar-refractivity contribution in [3.05, 3.63) is 29.8 Å². The van der Waals surface area contributed by atoms with Gasteiger partial charge in [0.05, 0.1) is 0 Å². The van der Waals surface area contributed by atoms with Crippen molar-refractivity contribution in [2.24, 2.45) is 22.7 Å². The number of amides is 1. The van der Waals surface area contributed by atoms with E-state index in [2.05, 4.69) is 61.8 Å². The van der Waals surface area contributed by atoms with Gasteiger partial charge in [0, 0.05) is 58.4 Å². The van der Waals surface area contributed by atoms with Gasteiger partial charge < -0.3 is 9.80 Å². The van der Waals surface area contributed by atoms with E-state index < -0.39 is 0 Å². The average molecular weight is 462 g/mol. The number of carbonyl (C=O) groups is 1. The summed E-state index contributed by atoms with van der Waals surface area (Å²) in [7, 11) is 3.75. The zero-order valence-electron chi connectivity index (χ0n) is 21.1. The van der Waals surface area contributed by atoms with Crippen LogP contribution in [0.2, 0.25) is 0 Å². The fraction of sp³-hybridized carbons (Fsp3) is 0.741. The first-order valence-corrected chi connectivity index (χ1v) is 12.3. The fourth-order valence-electron chi connectivity index (χ4n) is 6.77. The molecule has 2 saturated carbocycles. The molecule has 1 saturated heterocycles. The molecule has 1 amide bonds. The monoisotopic (exact) mass is 461 g/mol. The third-order valence-corrected chi connectivity index (χ3v) is 7.82. The molecule has 1 heterocycles. The molecule has 0 unspecified atom stereocenters. The molecule has 5 heteroatoms. The van der Waals surface area contributed by atoms with Gasteiger partial charge in [-0.15, -0.1) is 12.4 Å². The first kappa shape index (κ1) is 25.4. The Bertz CT molecular complexity index is 782. The second kappa shape index (κ2) is 9.54. The lowest BCUT2D eigenvalue weighted by molar-refractivity contribution is -0.130. The van der Waals surface area contributed by atoms with Crippen LogP contribution in [0.3, 0.4) is 0 Å². The number of para-hydroxylation sites is 1. The van der Waals surface area contributed by atoms with E-state index >= 15 is 0 Å². The molecule has 0 bridgehead atoms. The predicted molar refractivity (Wildman–Crippen MR) is 137 cm³/mol. The lowest BCUT2D eigenvalue weighted by Crippen LogP contribution is -2.47. The van der Waals surface area contributed by atoms with Crippen molar-refractivity contribution in [3.8, 4) is 0 Å². The first-order valence-electron chi connectivity index (χ1n) is 12.3. The molecule has 4 rings (SSSR count). The quantitative estimate of drug-likeness (QED) is 0.597. The van der Waals surface area contributed by atoms with Crippen molar-refractivity contribution in [1.82, 2.24) is 9.80 Å². The van der Waals surface area contributed by atoms with E-state index in [9.17, 15) is 4.79 Å². The van der Waals surface area contributed by atoms with Gasteiger partial charge in [0.25, 0.3) is 0 Å². The van der Waals surface area contributed by atoms with Crippen molar-refractivity contribution in [2.45, 2.75) is 59.3 Å². The van der Waals surface area contributed by atoms with Gasteiger partial charge in [-0.1, -0.05) is 45.9 Å². The number of anilines is 1. The summed E-state index contributed by atoms with van der Waals surface area (Å²) in [5, 5.41) is 0. The van der Waals surface area contributed by atoms with Crippen LogP contribution < -0.4 is 4.90 Å². The standard InChI is InChI=1S/C27H43N3O.ClH/c1-26(2)16-21(17-27(3,4)19-26)22-9-7-8-10-24(22)30-13-11-29(12-14-30)18-20-15-23(20)25(31)28(5)6;/h7-10,20-21,23H,11-19H2,1-6H3;1H/t20-,23+;/m0./s1. The van der Waals surface area contributed by atoms with E-state index in [1.807, 2.05) is 14.1 Å². The number of hydrogen-bond acceptors (Lipinski definition) is 3. The topological polar surface area (TPSA) is 26.8 Å². The van der Waals surface area contributed by atoms with Crippen LogP contribution in [-0.4, -0.2) is 62.5 Å². The van der Waals surface area contributed by atoms with Crippen LogP contribution in [0.25, 0.3) is 0 Å². The molecular formula is C27H44ClN3O. The van der Waals surface area contributed by atoms with Crippen molar-refractivity contribution >= 4 is 24.0 Å². The van der Waals surface area contributed by atoms with Gasteiger partial charge in [0.2, 0.25) is 5.91 Å². The number of piperazine rings is 1. The van der Waals surface area contributed by atoms with Gasteiger partial charge in [-0.05, 0) is 60.0 Å². The van der Waals surface area contributed by atoms with Crippen LogP contribution in [0.5, 0.6) is 0 Å². The maximum absolute atomic E-state index is 12.2. The van der Waals surface area contributed by atoms with Crippen molar-refractivity contribution in [2.75, 3.05) is 51.7 Å². The molecule has 4 nitrogen and oxygen atoms in total. The van der Waals surface area contributed by atoms with Crippen LogP contribution >= 0.6 is 12.4 Å². The molecule has 3 fully saturated rings. The van der Waals surface area contributed by atoms with Crippen LogP contribution in [0.4, 0.5) is 5.69 Å². The predicted octanol–water partition coefficient (Wildman–Crippen LogP) is 5.27. The second-order valence-corrected chi connectivity index (χ2v) is 12.3. The lowest BCUT2D eigenvalue weighted by atomic mass is 9.60. The minimum atomic E-state index is 0. The first-order chi connectivity index (χ1) is 14.5. The van der Waals surface area contributed by atoms with Crippen molar-refractivity contribution in [3.63, 3.8) is 0 Å². The summed E-state index contributed by atoms with van der Waals surface area (Å²) in [5.74, 6) is 1.81. The molecule has 2 aliphatic carbocycles. The number of rotatable bonds is 5. The molecule has 0 radical (unpaired) electrons. The van der Waals surface area contributed by atoms with Crippen molar-refractivity contribution in [1.29, 1.82) is 0 Å². The number of carbonyl (C=O) groups excluding carboxylic acids is 1. The van der Waals surface area contributed by atoms with Gasteiger partial charge in [0.15, 0.2) is 0 Å². The number of nitrogens with zero attached hydrogens (tertiary/aromatic N) is 3. The summed E-state index contributed by atoms with van der Waals surface area (Å²) in [6.07, 6.45) is 4.97. The van der Waals surface area contributed by atoms with E-state index in [0.29, 0.717) is 28.6 Å². The highest BCUT2D eigenvalue weighted by atomic mass is 35.5. The molecule has 1 aliphatic heterocycles. The van der Waals surface area contributed by atoms with Crippen molar-refractivity contribution < 1.29 is 4.79 Å². The number of halogens is 1. The third-order valence-electron chi connectivity index (χ3n) is 7.82. The van der Waals surface area contributed by atoms with E-state index in [-0.39, 0.29) is 18.3 Å². The Hall–Kier alpha value is -1.26. The van der Waals surface area contributed by atoms with Gasteiger partial charge >= 0.3 is 0 Å². The largest absolute Gasteiger partial charge is 0.369 e. The Morgan fingerprint density at radius 2 is 1.59 bits per heavy atom. The highest BCUT2D eigenvalue weighted by Gasteiger charge is 2.44. The molecule has 180 valence electrons. The van der Waals surface area contributed by atoms with Gasteiger partial charge in [0.1, 0.15) is 0 Å². The summed E-state index contributed by atoms with van der Waals surface area (Å²) in [5.41, 5.74) is 3.84. The Labute approximate surface area is 202 Å². The molecule has 1 aromatic carbocycles. The van der Waals surface area contributed by atoms with E-state index in [0.717, 1.165) is 39.1 Å². The van der Waals surface area contributed by atoms with Crippen LogP contribution in [0, 0.1) is 22.7 Å².